The van der Waals surface area contributed by atoms with E-state index in [9.17, 15) is 4.79 Å². The van der Waals surface area contributed by atoms with Crippen molar-refractivity contribution in [3.05, 3.63) is 61.0 Å². The topological polar surface area (TPSA) is 29.1 Å². The number of anilines is 1. The third-order valence-electron chi connectivity index (χ3n) is 2.37. The lowest BCUT2D eigenvalue weighted by Gasteiger charge is -2.10. The molecule has 19 heavy (non-hydrogen) atoms. The number of rotatable bonds is 2. The van der Waals surface area contributed by atoms with Gasteiger partial charge in [-0.15, -0.1) is 0 Å². The first-order chi connectivity index (χ1) is 8.99. The van der Waals surface area contributed by atoms with Gasteiger partial charge in [0.25, 0.3) is 5.91 Å². The maximum atomic E-state index is 12.2. The molecule has 98 valence electrons. The molecule has 0 unspecified atom stereocenters. The Hall–Kier alpha value is -0.550. The summed E-state index contributed by atoms with van der Waals surface area (Å²) in [5, 5.41) is 3.50. The van der Waals surface area contributed by atoms with Gasteiger partial charge in [0.1, 0.15) is 0 Å². The second kappa shape index (κ2) is 6.27. The van der Waals surface area contributed by atoms with E-state index < -0.39 is 0 Å². The maximum absolute atomic E-state index is 12.2. The molecule has 0 saturated heterocycles. The molecule has 0 fully saturated rings. The van der Waals surface area contributed by atoms with Crippen molar-refractivity contribution < 1.29 is 4.79 Å². The van der Waals surface area contributed by atoms with E-state index in [2.05, 4.69) is 37.2 Å². The first-order valence-corrected chi connectivity index (χ1v) is 7.53. The van der Waals surface area contributed by atoms with Gasteiger partial charge in [-0.05, 0) is 46.3 Å². The SMILES string of the molecule is O=C(Nc1c(Cl)cccc1Cl)c1cc(Br)ccc1Br. The van der Waals surface area contributed by atoms with Gasteiger partial charge in [-0.1, -0.05) is 45.2 Å². The van der Waals surface area contributed by atoms with Crippen molar-refractivity contribution in [3.8, 4) is 0 Å². The average molecular weight is 424 g/mol. The van der Waals surface area contributed by atoms with Gasteiger partial charge in [-0.3, -0.25) is 4.79 Å². The number of amides is 1. The van der Waals surface area contributed by atoms with Crippen LogP contribution in [0.2, 0.25) is 10.0 Å². The van der Waals surface area contributed by atoms with Gasteiger partial charge in [-0.2, -0.15) is 0 Å². The third kappa shape index (κ3) is 3.51. The highest BCUT2D eigenvalue weighted by Crippen LogP contribution is 2.31. The maximum Gasteiger partial charge on any atom is 0.256 e. The van der Waals surface area contributed by atoms with Gasteiger partial charge < -0.3 is 5.32 Å². The molecule has 0 spiro atoms. The van der Waals surface area contributed by atoms with Crippen LogP contribution < -0.4 is 5.32 Å². The summed E-state index contributed by atoms with van der Waals surface area (Å²) in [4.78, 5) is 12.2. The first-order valence-electron chi connectivity index (χ1n) is 5.19. The number of nitrogens with one attached hydrogen (secondary N) is 1. The van der Waals surface area contributed by atoms with Crippen molar-refractivity contribution in [2.24, 2.45) is 0 Å². The molecule has 0 atom stereocenters. The van der Waals surface area contributed by atoms with Crippen molar-refractivity contribution in [1.29, 1.82) is 0 Å². The Morgan fingerprint density at radius 3 is 2.32 bits per heavy atom. The Kier molecular flexibility index (Phi) is 4.90. The van der Waals surface area contributed by atoms with E-state index in [0.717, 1.165) is 4.47 Å². The van der Waals surface area contributed by atoms with Crippen LogP contribution in [0, 0.1) is 0 Å². The lowest BCUT2D eigenvalue weighted by atomic mass is 10.2. The summed E-state index contributed by atoms with van der Waals surface area (Å²) in [5.74, 6) is -0.289. The molecule has 0 aliphatic heterocycles. The van der Waals surface area contributed by atoms with Gasteiger partial charge in [0, 0.05) is 8.95 Å². The van der Waals surface area contributed by atoms with E-state index >= 15 is 0 Å². The normalized spacial score (nSPS) is 10.3. The molecule has 2 aromatic carbocycles. The highest BCUT2D eigenvalue weighted by Gasteiger charge is 2.14. The summed E-state index contributed by atoms with van der Waals surface area (Å²) in [5.41, 5.74) is 0.896. The number of halogens is 4. The van der Waals surface area contributed by atoms with Crippen LogP contribution in [0.15, 0.2) is 45.3 Å². The van der Waals surface area contributed by atoms with Gasteiger partial charge in [-0.25, -0.2) is 0 Å². The lowest BCUT2D eigenvalue weighted by Crippen LogP contribution is -2.13. The van der Waals surface area contributed by atoms with Crippen LogP contribution in [-0.2, 0) is 0 Å². The summed E-state index contributed by atoms with van der Waals surface area (Å²) in [6.45, 7) is 0. The Bertz CT molecular complexity index is 626. The highest BCUT2D eigenvalue weighted by molar-refractivity contribution is 9.11. The summed E-state index contributed by atoms with van der Waals surface area (Å²) in [6.07, 6.45) is 0. The van der Waals surface area contributed by atoms with E-state index in [1.807, 2.05) is 6.07 Å². The summed E-state index contributed by atoms with van der Waals surface area (Å²) in [6, 6.07) is 10.4. The Balaban J connectivity index is 2.34. The zero-order valence-electron chi connectivity index (χ0n) is 9.38. The summed E-state index contributed by atoms with van der Waals surface area (Å²) in [7, 11) is 0. The lowest BCUT2D eigenvalue weighted by molar-refractivity contribution is 0.102. The predicted octanol–water partition coefficient (Wildman–Crippen LogP) is 5.77. The van der Waals surface area contributed by atoms with Crippen molar-refractivity contribution in [2.45, 2.75) is 0 Å². The van der Waals surface area contributed by atoms with E-state index in [-0.39, 0.29) is 5.91 Å². The molecule has 2 nitrogen and oxygen atoms in total. The van der Waals surface area contributed by atoms with Crippen LogP contribution in [0.25, 0.3) is 0 Å². The van der Waals surface area contributed by atoms with Crippen molar-refractivity contribution in [2.75, 3.05) is 5.32 Å². The minimum Gasteiger partial charge on any atom is -0.319 e. The van der Waals surface area contributed by atoms with Gasteiger partial charge in [0.05, 0.1) is 21.3 Å². The zero-order valence-corrected chi connectivity index (χ0v) is 14.1. The standard InChI is InChI=1S/C13H7Br2Cl2NO/c14-7-4-5-9(15)8(6-7)13(19)18-12-10(16)2-1-3-11(12)17/h1-6H,(H,18,19). The highest BCUT2D eigenvalue weighted by atomic mass is 79.9. The zero-order chi connectivity index (χ0) is 14.0. The van der Waals surface area contributed by atoms with Crippen LogP contribution >= 0.6 is 55.1 Å². The predicted molar refractivity (Wildman–Crippen MR) is 86.3 cm³/mol. The summed E-state index contributed by atoms with van der Waals surface area (Å²) >= 11 is 18.7. The molecule has 1 N–H and O–H groups in total. The van der Waals surface area contributed by atoms with Crippen molar-refractivity contribution >= 4 is 66.7 Å². The van der Waals surface area contributed by atoms with E-state index in [0.29, 0.717) is 25.8 Å². The number of para-hydroxylation sites is 1. The molecular weight excluding hydrogens is 417 g/mol. The molecule has 2 aromatic rings. The fraction of sp³-hybridized carbons (Fsp3) is 0. The van der Waals surface area contributed by atoms with Crippen LogP contribution in [0.5, 0.6) is 0 Å². The molecule has 0 radical (unpaired) electrons. The molecule has 0 aliphatic carbocycles. The van der Waals surface area contributed by atoms with Gasteiger partial charge in [0.2, 0.25) is 0 Å². The number of carbonyl (C=O) groups excluding carboxylic acids is 1. The van der Waals surface area contributed by atoms with Crippen LogP contribution in [0.3, 0.4) is 0 Å². The van der Waals surface area contributed by atoms with E-state index in [1.165, 1.54) is 0 Å². The fourth-order valence-corrected chi connectivity index (χ4v) is 2.75. The van der Waals surface area contributed by atoms with Crippen molar-refractivity contribution in [1.82, 2.24) is 0 Å². The molecule has 2 rings (SSSR count). The Morgan fingerprint density at radius 1 is 1.05 bits per heavy atom. The molecular formula is C13H7Br2Cl2NO. The quantitative estimate of drug-likeness (QED) is 0.652. The second-order valence-corrected chi connectivity index (χ2v) is 6.26. The number of benzene rings is 2. The minimum absolute atomic E-state index is 0.289. The van der Waals surface area contributed by atoms with Gasteiger partial charge >= 0.3 is 0 Å². The molecule has 6 heteroatoms. The third-order valence-corrected chi connectivity index (χ3v) is 4.19. The molecule has 1 amide bonds. The number of carbonyl (C=O) groups is 1. The molecule has 0 aromatic heterocycles. The molecule has 0 bridgehead atoms. The molecule has 0 aliphatic rings. The van der Waals surface area contributed by atoms with Gasteiger partial charge in [0.15, 0.2) is 0 Å². The van der Waals surface area contributed by atoms with Crippen molar-refractivity contribution in [3.63, 3.8) is 0 Å². The Labute approximate surface area is 137 Å². The number of hydrogen-bond donors (Lipinski definition) is 1. The average Bonchev–Trinajstić information content (AvgIpc) is 2.37. The summed E-state index contributed by atoms with van der Waals surface area (Å²) < 4.78 is 1.50. The largest absolute Gasteiger partial charge is 0.319 e. The first kappa shape index (κ1) is 14.9. The number of hydrogen-bond acceptors (Lipinski definition) is 1. The van der Waals surface area contributed by atoms with Crippen LogP contribution in [0.4, 0.5) is 5.69 Å². The van der Waals surface area contributed by atoms with Crippen LogP contribution in [-0.4, -0.2) is 5.91 Å². The van der Waals surface area contributed by atoms with E-state index in [1.54, 1.807) is 30.3 Å². The van der Waals surface area contributed by atoms with Crippen LogP contribution in [0.1, 0.15) is 10.4 Å². The Morgan fingerprint density at radius 2 is 1.68 bits per heavy atom. The molecule has 0 heterocycles. The fourth-order valence-electron chi connectivity index (χ4n) is 1.47. The second-order valence-electron chi connectivity index (χ2n) is 3.67. The monoisotopic (exact) mass is 421 g/mol. The molecule has 0 saturated carbocycles. The minimum atomic E-state index is -0.289. The smallest absolute Gasteiger partial charge is 0.256 e. The van der Waals surface area contributed by atoms with E-state index in [4.69, 9.17) is 23.2 Å².